The van der Waals surface area contributed by atoms with Crippen LogP contribution in [0.4, 0.5) is 5.69 Å². The highest BCUT2D eigenvalue weighted by Gasteiger charge is 2.05. The van der Waals surface area contributed by atoms with Gasteiger partial charge in [-0.3, -0.25) is 9.78 Å². The number of pyridine rings is 1. The number of amides is 1. The summed E-state index contributed by atoms with van der Waals surface area (Å²) in [6, 6.07) is 7.66. The van der Waals surface area contributed by atoms with Crippen LogP contribution in [0.2, 0.25) is 0 Å². The summed E-state index contributed by atoms with van der Waals surface area (Å²) in [6.45, 7) is 0.730. The highest BCUT2D eigenvalue weighted by atomic mass is 79.9. The number of nitrogens with one attached hydrogen (secondary N) is 2. The van der Waals surface area contributed by atoms with Crippen molar-refractivity contribution in [2.75, 3.05) is 12.4 Å². The van der Waals surface area contributed by atoms with Gasteiger partial charge in [-0.15, -0.1) is 11.3 Å². The van der Waals surface area contributed by atoms with Crippen LogP contribution in [0, 0.1) is 0 Å². The molecule has 0 aromatic carbocycles. The van der Waals surface area contributed by atoms with E-state index in [1.807, 2.05) is 12.1 Å². The highest BCUT2D eigenvalue weighted by molar-refractivity contribution is 9.11. The highest BCUT2D eigenvalue weighted by Crippen LogP contribution is 2.22. The molecule has 1 amide bonds. The topological polar surface area (TPSA) is 54.0 Å². The number of thiophene rings is 1. The third kappa shape index (κ3) is 3.30. The SMILES string of the molecule is CNC(=O)c1cc(NCc2ccc(Br)s2)ccn1. The van der Waals surface area contributed by atoms with Crippen molar-refractivity contribution in [2.24, 2.45) is 0 Å². The first kappa shape index (κ1) is 13.0. The van der Waals surface area contributed by atoms with Gasteiger partial charge in [-0.25, -0.2) is 0 Å². The van der Waals surface area contributed by atoms with Crippen LogP contribution >= 0.6 is 27.3 Å². The van der Waals surface area contributed by atoms with E-state index in [1.165, 1.54) is 4.88 Å². The molecule has 0 aliphatic rings. The first-order valence-electron chi connectivity index (χ1n) is 5.35. The molecule has 0 fully saturated rings. The normalized spacial score (nSPS) is 10.1. The number of halogens is 1. The number of hydrogen-bond donors (Lipinski definition) is 2. The Morgan fingerprint density at radius 1 is 1.44 bits per heavy atom. The Kier molecular flexibility index (Phi) is 4.33. The molecule has 2 aromatic rings. The minimum Gasteiger partial charge on any atom is -0.380 e. The summed E-state index contributed by atoms with van der Waals surface area (Å²) in [7, 11) is 1.59. The van der Waals surface area contributed by atoms with E-state index >= 15 is 0 Å². The zero-order valence-corrected chi connectivity index (χ0v) is 12.1. The molecule has 0 bridgehead atoms. The summed E-state index contributed by atoms with van der Waals surface area (Å²) < 4.78 is 1.11. The number of nitrogens with zero attached hydrogens (tertiary/aromatic N) is 1. The molecule has 2 rings (SSSR count). The average Bonchev–Trinajstić information content (AvgIpc) is 2.81. The van der Waals surface area contributed by atoms with Crippen LogP contribution in [-0.4, -0.2) is 17.9 Å². The number of rotatable bonds is 4. The van der Waals surface area contributed by atoms with E-state index in [2.05, 4.69) is 37.6 Å². The molecule has 0 aliphatic carbocycles. The Bertz CT molecular complexity index is 556. The Balaban J connectivity index is 2.03. The smallest absolute Gasteiger partial charge is 0.269 e. The number of hydrogen-bond acceptors (Lipinski definition) is 4. The first-order chi connectivity index (χ1) is 8.69. The van der Waals surface area contributed by atoms with Crippen LogP contribution in [0.5, 0.6) is 0 Å². The molecule has 6 heteroatoms. The quantitative estimate of drug-likeness (QED) is 0.908. The van der Waals surface area contributed by atoms with E-state index < -0.39 is 0 Å². The van der Waals surface area contributed by atoms with Gasteiger partial charge in [-0.05, 0) is 40.2 Å². The Hall–Kier alpha value is -1.40. The van der Waals surface area contributed by atoms with Gasteiger partial charge < -0.3 is 10.6 Å². The average molecular weight is 326 g/mol. The van der Waals surface area contributed by atoms with Crippen LogP contribution in [0.15, 0.2) is 34.2 Å². The lowest BCUT2D eigenvalue weighted by molar-refractivity contribution is 0.0958. The van der Waals surface area contributed by atoms with E-state index in [0.29, 0.717) is 5.69 Å². The minimum absolute atomic E-state index is 0.183. The Morgan fingerprint density at radius 3 is 2.94 bits per heavy atom. The van der Waals surface area contributed by atoms with E-state index in [4.69, 9.17) is 0 Å². The standard InChI is InChI=1S/C12H12BrN3OS/c1-14-12(17)10-6-8(4-5-15-10)16-7-9-2-3-11(13)18-9/h2-6H,7H2,1H3,(H,14,17)(H,15,16). The number of aromatic nitrogens is 1. The molecule has 18 heavy (non-hydrogen) atoms. The van der Waals surface area contributed by atoms with Gasteiger partial charge in [0.2, 0.25) is 0 Å². The Labute approximate surface area is 118 Å². The van der Waals surface area contributed by atoms with E-state index in [-0.39, 0.29) is 5.91 Å². The van der Waals surface area contributed by atoms with Gasteiger partial charge in [0.1, 0.15) is 5.69 Å². The molecule has 94 valence electrons. The number of carbonyl (C=O) groups is 1. The lowest BCUT2D eigenvalue weighted by Crippen LogP contribution is -2.19. The molecule has 0 atom stereocenters. The lowest BCUT2D eigenvalue weighted by atomic mass is 10.3. The molecule has 0 saturated heterocycles. The zero-order valence-electron chi connectivity index (χ0n) is 9.74. The lowest BCUT2D eigenvalue weighted by Gasteiger charge is -2.06. The van der Waals surface area contributed by atoms with Gasteiger partial charge in [0, 0.05) is 30.4 Å². The monoisotopic (exact) mass is 325 g/mol. The fourth-order valence-corrected chi connectivity index (χ4v) is 2.85. The van der Waals surface area contributed by atoms with Crippen molar-refractivity contribution in [2.45, 2.75) is 6.54 Å². The van der Waals surface area contributed by atoms with Crippen molar-refractivity contribution in [3.63, 3.8) is 0 Å². The molecule has 0 aliphatic heterocycles. The molecule has 4 nitrogen and oxygen atoms in total. The summed E-state index contributed by atoms with van der Waals surface area (Å²) in [5, 5.41) is 5.82. The number of anilines is 1. The summed E-state index contributed by atoms with van der Waals surface area (Å²) >= 11 is 5.11. The third-order valence-corrected chi connectivity index (χ3v) is 3.94. The Morgan fingerprint density at radius 2 is 2.28 bits per heavy atom. The molecule has 0 unspecified atom stereocenters. The molecule has 0 saturated carbocycles. The van der Waals surface area contributed by atoms with Crippen molar-refractivity contribution in [3.05, 3.63) is 44.8 Å². The van der Waals surface area contributed by atoms with Crippen LogP contribution < -0.4 is 10.6 Å². The molecule has 2 N–H and O–H groups in total. The van der Waals surface area contributed by atoms with Crippen molar-refractivity contribution < 1.29 is 4.79 Å². The third-order valence-electron chi connectivity index (χ3n) is 2.32. The van der Waals surface area contributed by atoms with Crippen molar-refractivity contribution >= 4 is 38.9 Å². The summed E-state index contributed by atoms with van der Waals surface area (Å²) in [6.07, 6.45) is 1.62. The second-order valence-electron chi connectivity index (χ2n) is 3.57. The van der Waals surface area contributed by atoms with Gasteiger partial charge >= 0.3 is 0 Å². The van der Waals surface area contributed by atoms with Crippen LogP contribution in [0.3, 0.4) is 0 Å². The largest absolute Gasteiger partial charge is 0.380 e. The van der Waals surface area contributed by atoms with Crippen LogP contribution in [-0.2, 0) is 6.54 Å². The second kappa shape index (κ2) is 5.97. The maximum atomic E-state index is 11.4. The molecule has 0 radical (unpaired) electrons. The van der Waals surface area contributed by atoms with Gasteiger partial charge in [0.05, 0.1) is 3.79 Å². The van der Waals surface area contributed by atoms with Crippen molar-refractivity contribution in [1.29, 1.82) is 0 Å². The fourth-order valence-electron chi connectivity index (χ4n) is 1.43. The van der Waals surface area contributed by atoms with E-state index in [0.717, 1.165) is 16.0 Å². The van der Waals surface area contributed by atoms with Crippen LogP contribution in [0.25, 0.3) is 0 Å². The molecule has 2 heterocycles. The molecular formula is C12H12BrN3OS. The summed E-state index contributed by atoms with van der Waals surface area (Å²) in [5.41, 5.74) is 1.29. The predicted octanol–water partition coefficient (Wildman–Crippen LogP) is 2.88. The van der Waals surface area contributed by atoms with Crippen LogP contribution in [0.1, 0.15) is 15.4 Å². The predicted molar refractivity (Wildman–Crippen MR) is 77.0 cm³/mol. The number of carbonyl (C=O) groups excluding carboxylic acids is 1. The van der Waals surface area contributed by atoms with Gasteiger partial charge in [-0.2, -0.15) is 0 Å². The summed E-state index contributed by atoms with van der Waals surface area (Å²) in [4.78, 5) is 16.7. The zero-order chi connectivity index (χ0) is 13.0. The molecule has 0 spiro atoms. The molecular weight excluding hydrogens is 314 g/mol. The van der Waals surface area contributed by atoms with Gasteiger partial charge in [0.15, 0.2) is 0 Å². The second-order valence-corrected chi connectivity index (χ2v) is 6.12. The molecule has 2 aromatic heterocycles. The van der Waals surface area contributed by atoms with E-state index in [1.54, 1.807) is 30.6 Å². The van der Waals surface area contributed by atoms with Crippen molar-refractivity contribution in [1.82, 2.24) is 10.3 Å². The van der Waals surface area contributed by atoms with Crippen molar-refractivity contribution in [3.8, 4) is 0 Å². The van der Waals surface area contributed by atoms with E-state index in [9.17, 15) is 4.79 Å². The maximum Gasteiger partial charge on any atom is 0.269 e. The maximum absolute atomic E-state index is 11.4. The minimum atomic E-state index is -0.183. The fraction of sp³-hybridized carbons (Fsp3) is 0.167. The summed E-state index contributed by atoms with van der Waals surface area (Å²) in [5.74, 6) is -0.183. The first-order valence-corrected chi connectivity index (χ1v) is 6.96. The van der Waals surface area contributed by atoms with Gasteiger partial charge in [-0.1, -0.05) is 0 Å². The van der Waals surface area contributed by atoms with Gasteiger partial charge in [0.25, 0.3) is 5.91 Å².